The molecular weight excluding hydrogens is 302 g/mol. The molecule has 0 aliphatic rings. The molecular formula is C16H19NO6. The zero-order chi connectivity index (χ0) is 18.8. The van der Waals surface area contributed by atoms with Crippen LogP contribution in [0.3, 0.4) is 0 Å². The first-order valence-electron chi connectivity index (χ1n) is 7.75. The second-order valence-electron chi connectivity index (χ2n) is 4.34. The summed E-state index contributed by atoms with van der Waals surface area (Å²) < 4.78 is 28.3. The van der Waals surface area contributed by atoms with Gasteiger partial charge in [0.25, 0.3) is 0 Å². The van der Waals surface area contributed by atoms with Crippen LogP contribution in [0.2, 0.25) is 0 Å². The molecule has 0 saturated carbocycles. The normalized spacial score (nSPS) is 13.8. The Bertz CT molecular complexity index is 647. The van der Waals surface area contributed by atoms with Gasteiger partial charge in [0.05, 0.1) is 9.85 Å². The van der Waals surface area contributed by atoms with E-state index in [2.05, 4.69) is 9.47 Å². The van der Waals surface area contributed by atoms with Crippen molar-refractivity contribution < 1.29 is 31.3 Å². The number of hydrogen-bond acceptors (Lipinski definition) is 7. The third kappa shape index (κ3) is 7.77. The third-order valence-electron chi connectivity index (χ3n) is 2.61. The highest BCUT2D eigenvalue weighted by Gasteiger charge is 2.15. The van der Waals surface area contributed by atoms with E-state index in [1.54, 1.807) is 0 Å². The Labute approximate surface area is 136 Å². The minimum Gasteiger partial charge on any atom is -0.466 e. The maximum absolute atomic E-state index is 11.7. The molecule has 0 aliphatic carbocycles. The van der Waals surface area contributed by atoms with Crippen molar-refractivity contribution in [3.63, 3.8) is 0 Å². The summed E-state index contributed by atoms with van der Waals surface area (Å²) in [6.07, 6.45) is 0.306. The average Bonchev–Trinajstić information content (AvgIpc) is 2.63. The van der Waals surface area contributed by atoms with E-state index < -0.39 is 36.1 Å². The highest BCUT2D eigenvalue weighted by molar-refractivity contribution is 5.91. The summed E-state index contributed by atoms with van der Waals surface area (Å²) in [5.41, 5.74) is 6.61. The SMILES string of the molecule is [2H]/C(C(=O)OC)=C(/[2H])C(=O)OCCOC(=O)[C@@H](N)Cc1ccccc1. The Morgan fingerprint density at radius 1 is 1.13 bits per heavy atom. The molecule has 2 N–H and O–H groups in total. The van der Waals surface area contributed by atoms with Crippen molar-refractivity contribution in [1.82, 2.24) is 0 Å². The Morgan fingerprint density at radius 3 is 2.39 bits per heavy atom. The standard InChI is InChI=1S/C16H19NO6/c1-21-14(18)7-8-15(19)22-9-10-23-16(20)13(17)11-12-5-3-2-4-6-12/h2-8,13H,9-11,17H2,1H3/b8-7+/t13-/m0/s1/i7D,8D. The molecule has 1 atom stereocenters. The van der Waals surface area contributed by atoms with Crippen molar-refractivity contribution in [1.29, 1.82) is 0 Å². The lowest BCUT2D eigenvalue weighted by molar-refractivity contribution is -0.150. The number of esters is 3. The van der Waals surface area contributed by atoms with Crippen LogP contribution in [0.5, 0.6) is 0 Å². The fraction of sp³-hybridized carbons (Fsp3) is 0.312. The molecule has 0 heterocycles. The minimum absolute atomic E-state index is 0.258. The zero-order valence-electron chi connectivity index (χ0n) is 14.6. The van der Waals surface area contributed by atoms with Crippen molar-refractivity contribution in [3.8, 4) is 0 Å². The molecule has 0 unspecified atom stereocenters. The number of carbonyl (C=O) groups is 3. The average molecular weight is 323 g/mol. The Kier molecular flexibility index (Phi) is 6.70. The van der Waals surface area contributed by atoms with E-state index in [1.165, 1.54) is 0 Å². The molecule has 0 spiro atoms. The van der Waals surface area contributed by atoms with Crippen LogP contribution < -0.4 is 5.73 Å². The van der Waals surface area contributed by atoms with E-state index in [0.717, 1.165) is 12.7 Å². The van der Waals surface area contributed by atoms with Crippen LogP contribution in [0.25, 0.3) is 0 Å². The lowest BCUT2D eigenvalue weighted by Gasteiger charge is -2.11. The van der Waals surface area contributed by atoms with Gasteiger partial charge in [0, 0.05) is 12.1 Å². The lowest BCUT2D eigenvalue weighted by atomic mass is 10.1. The van der Waals surface area contributed by atoms with Gasteiger partial charge >= 0.3 is 17.9 Å². The minimum atomic E-state index is -1.19. The summed E-state index contributed by atoms with van der Waals surface area (Å²) >= 11 is 0. The number of hydrogen-bond donors (Lipinski definition) is 1. The van der Waals surface area contributed by atoms with E-state index in [9.17, 15) is 14.4 Å². The van der Waals surface area contributed by atoms with Crippen LogP contribution in [0.4, 0.5) is 0 Å². The van der Waals surface area contributed by atoms with Gasteiger partial charge in [-0.3, -0.25) is 4.79 Å². The van der Waals surface area contributed by atoms with E-state index in [0.29, 0.717) is 6.42 Å². The second kappa shape index (κ2) is 10.1. The summed E-state index contributed by atoms with van der Waals surface area (Å²) in [6, 6.07) is 6.44. The van der Waals surface area contributed by atoms with Gasteiger partial charge in [0.1, 0.15) is 19.3 Å². The monoisotopic (exact) mass is 323 g/mol. The summed E-state index contributed by atoms with van der Waals surface area (Å²) in [4.78, 5) is 34.2. The van der Waals surface area contributed by atoms with Crippen molar-refractivity contribution >= 4 is 17.9 Å². The van der Waals surface area contributed by atoms with E-state index in [1.807, 2.05) is 30.3 Å². The molecule has 7 nitrogen and oxygen atoms in total. The Hall–Kier alpha value is -2.67. The highest BCUT2D eigenvalue weighted by atomic mass is 16.6. The number of nitrogens with two attached hydrogens (primary N) is 1. The predicted molar refractivity (Wildman–Crippen MR) is 81.2 cm³/mol. The molecule has 7 heteroatoms. The molecule has 1 aromatic carbocycles. The second-order valence-corrected chi connectivity index (χ2v) is 4.34. The number of benzene rings is 1. The first-order valence-corrected chi connectivity index (χ1v) is 6.75. The van der Waals surface area contributed by atoms with Gasteiger partial charge in [0.15, 0.2) is 0 Å². The molecule has 0 aromatic heterocycles. The maximum Gasteiger partial charge on any atom is 0.331 e. The third-order valence-corrected chi connectivity index (χ3v) is 2.61. The van der Waals surface area contributed by atoms with Crippen LogP contribution in [0.1, 0.15) is 8.30 Å². The molecule has 0 radical (unpaired) electrons. The molecule has 0 amide bonds. The molecule has 0 bridgehead atoms. The number of methoxy groups -OCH3 is 1. The van der Waals surface area contributed by atoms with Crippen LogP contribution in [-0.4, -0.2) is 44.3 Å². The number of carbonyl (C=O) groups excluding carboxylic acids is 3. The number of ether oxygens (including phenoxy) is 3. The Balaban J connectivity index is 2.36. The van der Waals surface area contributed by atoms with Gasteiger partial charge in [-0.2, -0.15) is 0 Å². The molecule has 0 fully saturated rings. The van der Waals surface area contributed by atoms with E-state index in [4.69, 9.17) is 13.2 Å². The fourth-order valence-corrected chi connectivity index (χ4v) is 1.52. The molecule has 1 aromatic rings. The summed E-state index contributed by atoms with van der Waals surface area (Å²) in [7, 11) is 1.02. The van der Waals surface area contributed by atoms with Gasteiger partial charge in [-0.05, 0) is 12.0 Å². The quantitative estimate of drug-likeness (QED) is 0.319. The van der Waals surface area contributed by atoms with Gasteiger partial charge in [-0.1, -0.05) is 30.3 Å². The first-order chi connectivity index (χ1) is 11.9. The molecule has 23 heavy (non-hydrogen) atoms. The predicted octanol–water partition coefficient (Wildman–Crippen LogP) is 0.372. The van der Waals surface area contributed by atoms with Gasteiger partial charge in [0.2, 0.25) is 0 Å². The maximum atomic E-state index is 11.7. The van der Waals surface area contributed by atoms with E-state index >= 15 is 0 Å². The summed E-state index contributed by atoms with van der Waals surface area (Å²) in [5.74, 6) is -2.97. The molecule has 124 valence electrons. The molecule has 0 aliphatic heterocycles. The van der Waals surface area contributed by atoms with Gasteiger partial charge in [-0.15, -0.1) is 0 Å². The van der Waals surface area contributed by atoms with Crippen LogP contribution in [0.15, 0.2) is 42.4 Å². The summed E-state index contributed by atoms with van der Waals surface area (Å²) in [5, 5.41) is 0. The highest BCUT2D eigenvalue weighted by Crippen LogP contribution is 2.02. The van der Waals surface area contributed by atoms with Gasteiger partial charge < -0.3 is 19.9 Å². The van der Waals surface area contributed by atoms with E-state index in [-0.39, 0.29) is 13.2 Å². The summed E-state index contributed by atoms with van der Waals surface area (Å²) in [6.45, 7) is -0.592. The van der Waals surface area contributed by atoms with Crippen molar-refractivity contribution in [3.05, 3.63) is 48.0 Å². The zero-order valence-corrected chi connectivity index (χ0v) is 12.6. The molecule has 0 saturated heterocycles. The molecule has 1 rings (SSSR count). The van der Waals surface area contributed by atoms with Crippen molar-refractivity contribution in [2.75, 3.05) is 20.3 Å². The topological polar surface area (TPSA) is 105 Å². The smallest absolute Gasteiger partial charge is 0.331 e. The number of rotatable bonds is 8. The first kappa shape index (κ1) is 15.2. The van der Waals surface area contributed by atoms with Crippen LogP contribution >= 0.6 is 0 Å². The lowest BCUT2D eigenvalue weighted by Crippen LogP contribution is -2.35. The van der Waals surface area contributed by atoms with Crippen molar-refractivity contribution in [2.24, 2.45) is 5.73 Å². The largest absolute Gasteiger partial charge is 0.466 e. The van der Waals surface area contributed by atoms with Gasteiger partial charge in [-0.25, -0.2) is 9.59 Å². The fourth-order valence-electron chi connectivity index (χ4n) is 1.52. The van der Waals surface area contributed by atoms with Crippen LogP contribution in [-0.2, 0) is 35.0 Å². The Morgan fingerprint density at radius 2 is 1.74 bits per heavy atom. The van der Waals surface area contributed by atoms with Crippen LogP contribution in [0, 0.1) is 0 Å². The van der Waals surface area contributed by atoms with Crippen molar-refractivity contribution in [2.45, 2.75) is 12.5 Å².